The van der Waals surface area contributed by atoms with Gasteiger partial charge >= 0.3 is 6.09 Å². The molecule has 1 fully saturated rings. The van der Waals surface area contributed by atoms with E-state index in [1.54, 1.807) is 23.1 Å². The van der Waals surface area contributed by atoms with E-state index in [4.69, 9.17) is 16.3 Å². The van der Waals surface area contributed by atoms with Gasteiger partial charge in [-0.3, -0.25) is 0 Å². The smallest absolute Gasteiger partial charge is 0.410 e. The fourth-order valence-electron chi connectivity index (χ4n) is 2.58. The zero-order valence-electron chi connectivity index (χ0n) is 12.7. The zero-order chi connectivity index (χ0) is 15.6. The summed E-state index contributed by atoms with van der Waals surface area (Å²) in [6.45, 7) is 6.12. The molecule has 0 saturated carbocycles. The monoisotopic (exact) mass is 311 g/mol. The number of carbonyl (C=O) groups is 1. The molecule has 0 spiro atoms. The van der Waals surface area contributed by atoms with Crippen LogP contribution >= 0.6 is 11.6 Å². The molecule has 21 heavy (non-hydrogen) atoms. The van der Waals surface area contributed by atoms with Crippen LogP contribution in [0.1, 0.15) is 45.3 Å². The summed E-state index contributed by atoms with van der Waals surface area (Å²) in [6.07, 6.45) is 0.499. The van der Waals surface area contributed by atoms with E-state index in [-0.39, 0.29) is 12.1 Å². The first-order valence-electron chi connectivity index (χ1n) is 7.21. The molecule has 0 aliphatic carbocycles. The van der Waals surface area contributed by atoms with Crippen LogP contribution in [-0.2, 0) is 4.74 Å². The minimum Gasteiger partial charge on any atom is -0.444 e. The second-order valence-corrected chi connectivity index (χ2v) is 6.82. The lowest BCUT2D eigenvalue weighted by Gasteiger charge is -2.31. The quantitative estimate of drug-likeness (QED) is 0.904. The van der Waals surface area contributed by atoms with Gasteiger partial charge in [0.05, 0.1) is 12.1 Å². The Hall–Kier alpha value is -1.26. The van der Waals surface area contributed by atoms with Crippen LogP contribution in [0, 0.1) is 0 Å². The van der Waals surface area contributed by atoms with Gasteiger partial charge in [0.2, 0.25) is 0 Å². The first-order chi connectivity index (χ1) is 9.78. The van der Waals surface area contributed by atoms with Crippen LogP contribution in [0.4, 0.5) is 4.79 Å². The van der Waals surface area contributed by atoms with Gasteiger partial charge in [-0.05, 0) is 51.3 Å². The molecule has 1 saturated heterocycles. The third kappa shape index (κ3) is 4.11. The largest absolute Gasteiger partial charge is 0.444 e. The molecular weight excluding hydrogens is 290 g/mol. The van der Waals surface area contributed by atoms with E-state index in [2.05, 4.69) is 0 Å². The second kappa shape index (κ2) is 6.24. The van der Waals surface area contributed by atoms with Gasteiger partial charge in [-0.1, -0.05) is 23.7 Å². The minimum atomic E-state index is -0.751. The molecule has 0 bridgehead atoms. The van der Waals surface area contributed by atoms with Crippen molar-refractivity contribution in [3.8, 4) is 0 Å². The summed E-state index contributed by atoms with van der Waals surface area (Å²) in [5.74, 6) is 0. The van der Waals surface area contributed by atoms with Crippen molar-refractivity contribution in [3.05, 3.63) is 34.9 Å². The van der Waals surface area contributed by atoms with Crippen LogP contribution in [0.15, 0.2) is 24.3 Å². The number of amides is 1. The summed E-state index contributed by atoms with van der Waals surface area (Å²) in [6, 6.07) is 6.85. The third-order valence-corrected chi connectivity index (χ3v) is 3.72. The predicted octanol–water partition coefficient (Wildman–Crippen LogP) is 3.77. The molecule has 5 heteroatoms. The highest BCUT2D eigenvalue weighted by Crippen LogP contribution is 2.31. The Morgan fingerprint density at radius 2 is 2.19 bits per heavy atom. The molecule has 1 amide bonds. The van der Waals surface area contributed by atoms with Crippen LogP contribution in [-0.4, -0.2) is 34.3 Å². The SMILES string of the molecule is CC(C)(C)OC(=O)N1CCC[C@H]1C(O)c1cccc(Cl)c1. The van der Waals surface area contributed by atoms with Crippen molar-refractivity contribution in [3.63, 3.8) is 0 Å². The van der Waals surface area contributed by atoms with E-state index in [1.165, 1.54) is 0 Å². The summed E-state index contributed by atoms with van der Waals surface area (Å²) in [7, 11) is 0. The number of hydrogen-bond acceptors (Lipinski definition) is 3. The van der Waals surface area contributed by atoms with Crippen molar-refractivity contribution < 1.29 is 14.6 Å². The van der Waals surface area contributed by atoms with Crippen molar-refractivity contribution >= 4 is 17.7 Å². The van der Waals surface area contributed by atoms with E-state index in [1.807, 2.05) is 26.8 Å². The number of hydrogen-bond donors (Lipinski definition) is 1. The fourth-order valence-corrected chi connectivity index (χ4v) is 2.78. The molecule has 0 radical (unpaired) electrons. The highest BCUT2D eigenvalue weighted by molar-refractivity contribution is 6.30. The Morgan fingerprint density at radius 1 is 1.48 bits per heavy atom. The van der Waals surface area contributed by atoms with Gasteiger partial charge < -0.3 is 14.7 Å². The number of carbonyl (C=O) groups excluding carboxylic acids is 1. The van der Waals surface area contributed by atoms with Crippen molar-refractivity contribution in [2.75, 3.05) is 6.54 Å². The molecule has 1 unspecified atom stereocenters. The second-order valence-electron chi connectivity index (χ2n) is 6.38. The molecule has 1 aromatic carbocycles. The molecular formula is C16H22ClNO3. The molecule has 0 aromatic heterocycles. The summed E-state index contributed by atoms with van der Waals surface area (Å²) < 4.78 is 5.41. The number of benzene rings is 1. The number of aliphatic hydroxyl groups is 1. The van der Waals surface area contributed by atoms with Gasteiger partial charge in [-0.2, -0.15) is 0 Å². The van der Waals surface area contributed by atoms with E-state index in [0.29, 0.717) is 11.6 Å². The topological polar surface area (TPSA) is 49.8 Å². The van der Waals surface area contributed by atoms with Crippen LogP contribution in [0.2, 0.25) is 5.02 Å². The van der Waals surface area contributed by atoms with Gasteiger partial charge in [0, 0.05) is 11.6 Å². The first-order valence-corrected chi connectivity index (χ1v) is 7.59. The maximum atomic E-state index is 12.2. The number of halogens is 1. The standard InChI is InChI=1S/C16H22ClNO3/c1-16(2,3)21-15(20)18-9-5-8-13(18)14(19)11-6-4-7-12(17)10-11/h4,6-7,10,13-14,19H,5,8-9H2,1-3H3/t13-,14?/m0/s1. The summed E-state index contributed by atoms with van der Waals surface area (Å²) >= 11 is 5.97. The lowest BCUT2D eigenvalue weighted by Crippen LogP contribution is -2.42. The highest BCUT2D eigenvalue weighted by atomic mass is 35.5. The van der Waals surface area contributed by atoms with E-state index < -0.39 is 11.7 Å². The molecule has 1 heterocycles. The van der Waals surface area contributed by atoms with Crippen LogP contribution in [0.25, 0.3) is 0 Å². The fraction of sp³-hybridized carbons (Fsp3) is 0.562. The Bertz CT molecular complexity index is 512. The van der Waals surface area contributed by atoms with Gasteiger partial charge in [-0.25, -0.2) is 4.79 Å². The Balaban J connectivity index is 2.13. The highest BCUT2D eigenvalue weighted by Gasteiger charge is 2.36. The molecule has 116 valence electrons. The molecule has 1 N–H and O–H groups in total. The van der Waals surface area contributed by atoms with Crippen molar-refractivity contribution in [1.82, 2.24) is 4.90 Å². The average Bonchev–Trinajstić information content (AvgIpc) is 2.85. The predicted molar refractivity (Wildman–Crippen MR) is 82.4 cm³/mol. The number of nitrogens with zero attached hydrogens (tertiary/aromatic N) is 1. The summed E-state index contributed by atoms with van der Waals surface area (Å²) in [5.41, 5.74) is 0.188. The van der Waals surface area contributed by atoms with Gasteiger partial charge in [0.1, 0.15) is 5.60 Å². The Kier molecular flexibility index (Phi) is 4.79. The third-order valence-electron chi connectivity index (χ3n) is 3.48. The van der Waals surface area contributed by atoms with Crippen molar-refractivity contribution in [2.45, 2.75) is 51.4 Å². The number of likely N-dealkylation sites (tertiary alicyclic amines) is 1. The summed E-state index contributed by atoms with van der Waals surface area (Å²) in [4.78, 5) is 13.9. The van der Waals surface area contributed by atoms with Gasteiger partial charge in [0.25, 0.3) is 0 Å². The lowest BCUT2D eigenvalue weighted by atomic mass is 10.0. The molecule has 2 rings (SSSR count). The molecule has 4 nitrogen and oxygen atoms in total. The average molecular weight is 312 g/mol. The van der Waals surface area contributed by atoms with Crippen LogP contribution < -0.4 is 0 Å². The van der Waals surface area contributed by atoms with Crippen LogP contribution in [0.3, 0.4) is 0 Å². The maximum Gasteiger partial charge on any atom is 0.410 e. The van der Waals surface area contributed by atoms with Gasteiger partial charge in [-0.15, -0.1) is 0 Å². The van der Waals surface area contributed by atoms with Crippen molar-refractivity contribution in [1.29, 1.82) is 0 Å². The van der Waals surface area contributed by atoms with E-state index in [9.17, 15) is 9.90 Å². The molecule has 1 aliphatic rings. The molecule has 2 atom stereocenters. The normalized spacial score (nSPS) is 20.4. The number of ether oxygens (including phenoxy) is 1. The summed E-state index contributed by atoms with van der Waals surface area (Å²) in [5, 5.41) is 11.1. The Morgan fingerprint density at radius 3 is 2.81 bits per heavy atom. The number of aliphatic hydroxyl groups excluding tert-OH is 1. The van der Waals surface area contributed by atoms with Gasteiger partial charge in [0.15, 0.2) is 0 Å². The van der Waals surface area contributed by atoms with Crippen LogP contribution in [0.5, 0.6) is 0 Å². The maximum absolute atomic E-state index is 12.2. The lowest BCUT2D eigenvalue weighted by molar-refractivity contribution is 0.00491. The van der Waals surface area contributed by atoms with E-state index >= 15 is 0 Å². The number of rotatable bonds is 2. The minimum absolute atomic E-state index is 0.265. The first kappa shape index (κ1) is 16.1. The van der Waals surface area contributed by atoms with E-state index in [0.717, 1.165) is 18.4 Å². The molecule has 1 aliphatic heterocycles. The Labute approximate surface area is 130 Å². The molecule has 1 aromatic rings. The van der Waals surface area contributed by atoms with Crippen molar-refractivity contribution in [2.24, 2.45) is 0 Å². The zero-order valence-corrected chi connectivity index (χ0v) is 13.4.